The predicted molar refractivity (Wildman–Crippen MR) is 87.6 cm³/mol. The van der Waals surface area contributed by atoms with Gasteiger partial charge >= 0.3 is 0 Å². The molecule has 0 aliphatic carbocycles. The first-order valence-electron chi connectivity index (χ1n) is 6.33. The Hall–Kier alpha value is -1.78. The Bertz CT molecular complexity index is 639. The van der Waals surface area contributed by atoms with E-state index in [1.165, 1.54) is 11.8 Å². The van der Waals surface area contributed by atoms with Gasteiger partial charge in [0.05, 0.1) is 4.91 Å². The smallest absolute Gasteiger partial charge is 0.201 e. The third-order valence-electron chi connectivity index (χ3n) is 2.56. The minimum Gasteiger partial charge on any atom is -0.382 e. The molecule has 0 fully saturated rings. The van der Waals surface area contributed by atoms with Crippen LogP contribution in [-0.4, -0.2) is 29.8 Å². The number of carbonyl (C=O) groups is 1. The number of pyridine rings is 1. The van der Waals surface area contributed by atoms with Gasteiger partial charge in [0, 0.05) is 37.1 Å². The molecular weight excluding hydrogens is 304 g/mol. The molecule has 0 atom stereocenters. The van der Waals surface area contributed by atoms with Crippen LogP contribution >= 0.6 is 23.4 Å². The summed E-state index contributed by atoms with van der Waals surface area (Å²) >= 11 is 7.21. The van der Waals surface area contributed by atoms with Crippen LogP contribution in [0.5, 0.6) is 0 Å². The second kappa shape index (κ2) is 7.29. The van der Waals surface area contributed by atoms with Crippen molar-refractivity contribution in [1.29, 1.82) is 0 Å². The van der Waals surface area contributed by atoms with Crippen molar-refractivity contribution in [2.45, 2.75) is 5.03 Å². The number of ketones is 1. The molecule has 5 heteroatoms. The fraction of sp³-hybridized carbons (Fsp3) is 0.125. The normalized spacial score (nSPS) is 11.3. The molecule has 1 aromatic heterocycles. The highest BCUT2D eigenvalue weighted by Gasteiger charge is 2.15. The molecule has 1 aromatic carbocycles. The molecular formula is C16H15ClN2OS. The SMILES string of the molecule is CN(C)/C=C(/Sc1ccccn1)C(=O)c1ccc(Cl)cc1. The van der Waals surface area contributed by atoms with Crippen LogP contribution in [0.3, 0.4) is 0 Å². The van der Waals surface area contributed by atoms with E-state index in [-0.39, 0.29) is 5.78 Å². The summed E-state index contributed by atoms with van der Waals surface area (Å²) in [5.41, 5.74) is 0.607. The van der Waals surface area contributed by atoms with Crippen LogP contribution in [0, 0.1) is 0 Å². The average molecular weight is 319 g/mol. The van der Waals surface area contributed by atoms with E-state index in [2.05, 4.69) is 4.98 Å². The first kappa shape index (κ1) is 15.6. The maximum atomic E-state index is 12.6. The van der Waals surface area contributed by atoms with Gasteiger partial charge in [-0.1, -0.05) is 29.4 Å². The standard InChI is InChI=1S/C16H15ClN2OS/c1-19(2)11-14(21-15-5-3-4-10-18-15)16(20)12-6-8-13(17)9-7-12/h3-11H,1-2H3/b14-11+. The van der Waals surface area contributed by atoms with Crippen LogP contribution in [-0.2, 0) is 0 Å². The number of allylic oxidation sites excluding steroid dienone is 1. The van der Waals surface area contributed by atoms with Crippen molar-refractivity contribution < 1.29 is 4.79 Å². The topological polar surface area (TPSA) is 33.2 Å². The van der Waals surface area contributed by atoms with Gasteiger partial charge in [0.25, 0.3) is 0 Å². The summed E-state index contributed by atoms with van der Waals surface area (Å²) in [5.74, 6) is -0.0454. The Morgan fingerprint density at radius 3 is 2.48 bits per heavy atom. The molecule has 3 nitrogen and oxygen atoms in total. The van der Waals surface area contributed by atoms with Crippen LogP contribution in [0.1, 0.15) is 10.4 Å². The highest BCUT2D eigenvalue weighted by molar-refractivity contribution is 8.04. The van der Waals surface area contributed by atoms with Gasteiger partial charge in [-0.3, -0.25) is 4.79 Å². The van der Waals surface area contributed by atoms with Crippen LogP contribution < -0.4 is 0 Å². The molecule has 2 rings (SSSR count). The number of benzene rings is 1. The molecule has 0 bridgehead atoms. The minimum atomic E-state index is -0.0454. The first-order valence-corrected chi connectivity index (χ1v) is 7.53. The molecule has 0 aliphatic heterocycles. The lowest BCUT2D eigenvalue weighted by atomic mass is 10.1. The molecule has 0 unspecified atom stereocenters. The lowest BCUT2D eigenvalue weighted by Crippen LogP contribution is -2.08. The zero-order valence-corrected chi connectivity index (χ0v) is 13.4. The van der Waals surface area contributed by atoms with Gasteiger partial charge in [-0.2, -0.15) is 0 Å². The Morgan fingerprint density at radius 1 is 1.19 bits per heavy atom. The van der Waals surface area contributed by atoms with E-state index in [9.17, 15) is 4.79 Å². The van der Waals surface area contributed by atoms with Crippen LogP contribution in [0.25, 0.3) is 0 Å². The van der Waals surface area contributed by atoms with Gasteiger partial charge in [0.2, 0.25) is 5.78 Å². The summed E-state index contributed by atoms with van der Waals surface area (Å²) in [5, 5.41) is 1.40. The molecule has 0 radical (unpaired) electrons. The fourth-order valence-electron chi connectivity index (χ4n) is 1.63. The summed E-state index contributed by atoms with van der Waals surface area (Å²) in [6.45, 7) is 0. The van der Waals surface area contributed by atoms with E-state index in [0.29, 0.717) is 15.5 Å². The molecule has 0 aliphatic rings. The van der Waals surface area contributed by atoms with Crippen LogP contribution in [0.4, 0.5) is 0 Å². The lowest BCUT2D eigenvalue weighted by Gasteiger charge is -2.11. The number of aromatic nitrogens is 1. The van der Waals surface area contributed by atoms with Crippen molar-refractivity contribution in [3.8, 4) is 0 Å². The van der Waals surface area contributed by atoms with Gasteiger partial charge in [-0.25, -0.2) is 4.98 Å². The third-order valence-corrected chi connectivity index (χ3v) is 3.77. The highest BCUT2D eigenvalue weighted by atomic mass is 35.5. The van der Waals surface area contributed by atoms with Crippen molar-refractivity contribution in [3.05, 3.63) is 70.4 Å². The second-order valence-corrected chi connectivity index (χ2v) is 6.06. The van der Waals surface area contributed by atoms with Crippen molar-refractivity contribution in [1.82, 2.24) is 9.88 Å². The lowest BCUT2D eigenvalue weighted by molar-refractivity contribution is 0.104. The Labute approximate surface area is 133 Å². The van der Waals surface area contributed by atoms with E-state index >= 15 is 0 Å². The fourth-order valence-corrected chi connectivity index (χ4v) is 2.72. The van der Waals surface area contributed by atoms with Gasteiger partial charge in [-0.15, -0.1) is 0 Å². The maximum absolute atomic E-state index is 12.6. The summed E-state index contributed by atoms with van der Waals surface area (Å²) in [4.78, 5) is 19.3. The number of carbonyl (C=O) groups excluding carboxylic acids is 1. The van der Waals surface area contributed by atoms with Crippen molar-refractivity contribution in [2.75, 3.05) is 14.1 Å². The van der Waals surface area contributed by atoms with E-state index in [4.69, 9.17) is 11.6 Å². The largest absolute Gasteiger partial charge is 0.382 e. The van der Waals surface area contributed by atoms with Gasteiger partial charge in [0.1, 0.15) is 5.03 Å². The Kier molecular flexibility index (Phi) is 5.42. The number of nitrogens with zero attached hydrogens (tertiary/aromatic N) is 2. The summed E-state index contributed by atoms with van der Waals surface area (Å²) in [7, 11) is 3.77. The van der Waals surface area contributed by atoms with E-state index in [1.54, 1.807) is 36.7 Å². The van der Waals surface area contributed by atoms with Crippen molar-refractivity contribution in [2.24, 2.45) is 0 Å². The van der Waals surface area contributed by atoms with Gasteiger partial charge in [-0.05, 0) is 36.4 Å². The zero-order valence-electron chi connectivity index (χ0n) is 11.8. The zero-order chi connectivity index (χ0) is 15.2. The summed E-state index contributed by atoms with van der Waals surface area (Å²) < 4.78 is 0. The van der Waals surface area contributed by atoms with E-state index < -0.39 is 0 Å². The quantitative estimate of drug-likeness (QED) is 0.472. The number of halogens is 1. The number of rotatable bonds is 5. The average Bonchev–Trinajstić information content (AvgIpc) is 2.47. The van der Waals surface area contributed by atoms with Crippen LogP contribution in [0.2, 0.25) is 5.02 Å². The predicted octanol–water partition coefficient (Wildman–Crippen LogP) is 4.11. The molecule has 0 N–H and O–H groups in total. The van der Waals surface area contributed by atoms with Gasteiger partial charge in [0.15, 0.2) is 0 Å². The number of thioether (sulfide) groups is 1. The Morgan fingerprint density at radius 2 is 1.90 bits per heavy atom. The van der Waals surface area contributed by atoms with Crippen molar-refractivity contribution in [3.63, 3.8) is 0 Å². The highest BCUT2D eigenvalue weighted by Crippen LogP contribution is 2.28. The molecule has 0 amide bonds. The second-order valence-electron chi connectivity index (χ2n) is 4.56. The number of Topliss-reactive ketones (excluding diaryl/α,β-unsaturated/α-hetero) is 1. The molecule has 21 heavy (non-hydrogen) atoms. The summed E-state index contributed by atoms with van der Waals surface area (Å²) in [6.07, 6.45) is 3.51. The molecule has 2 aromatic rings. The minimum absolute atomic E-state index is 0.0454. The maximum Gasteiger partial charge on any atom is 0.201 e. The number of hydrogen-bond donors (Lipinski definition) is 0. The van der Waals surface area contributed by atoms with Crippen molar-refractivity contribution >= 4 is 29.1 Å². The van der Waals surface area contributed by atoms with E-state index in [1.807, 2.05) is 37.2 Å². The Balaban J connectivity index is 2.28. The first-order chi connectivity index (χ1) is 10.1. The molecule has 108 valence electrons. The van der Waals surface area contributed by atoms with E-state index in [0.717, 1.165) is 5.03 Å². The summed E-state index contributed by atoms with van der Waals surface area (Å²) in [6, 6.07) is 12.5. The molecule has 0 saturated carbocycles. The molecule has 0 saturated heterocycles. The molecule has 0 spiro atoms. The monoisotopic (exact) mass is 318 g/mol. The van der Waals surface area contributed by atoms with Gasteiger partial charge < -0.3 is 4.90 Å². The number of hydrogen-bond acceptors (Lipinski definition) is 4. The third kappa shape index (κ3) is 4.62. The molecule has 1 heterocycles. The van der Waals surface area contributed by atoms with Crippen LogP contribution in [0.15, 0.2) is 64.8 Å².